The highest BCUT2D eigenvalue weighted by Gasteiger charge is 2.27. The zero-order chi connectivity index (χ0) is 16.8. The fourth-order valence-corrected chi connectivity index (χ4v) is 3.72. The molecule has 0 bridgehead atoms. The summed E-state index contributed by atoms with van der Waals surface area (Å²) in [5.41, 5.74) is 1.23. The number of carbonyl (C=O) groups excluding carboxylic acids is 1. The summed E-state index contributed by atoms with van der Waals surface area (Å²) < 4.78 is 0. The predicted octanol–water partition coefficient (Wildman–Crippen LogP) is 2.72. The Morgan fingerprint density at radius 1 is 1.17 bits per heavy atom. The molecule has 1 unspecified atom stereocenters. The second-order valence-corrected chi connectivity index (χ2v) is 7.29. The molecule has 0 aromatic heterocycles. The molecule has 1 aromatic rings. The van der Waals surface area contributed by atoms with Crippen LogP contribution in [0.2, 0.25) is 0 Å². The van der Waals surface area contributed by atoms with Crippen LogP contribution in [-0.2, 0) is 4.79 Å². The maximum atomic E-state index is 12.4. The average molecular weight is 329 g/mol. The van der Waals surface area contributed by atoms with Gasteiger partial charge in [-0.05, 0) is 57.8 Å². The molecule has 0 spiro atoms. The van der Waals surface area contributed by atoms with Crippen LogP contribution < -0.4 is 10.6 Å². The van der Waals surface area contributed by atoms with Gasteiger partial charge in [0.15, 0.2) is 0 Å². The highest BCUT2D eigenvalue weighted by molar-refractivity contribution is 5.79. The minimum Gasteiger partial charge on any atom is -0.349 e. The third kappa shape index (κ3) is 4.58. The summed E-state index contributed by atoms with van der Waals surface area (Å²) in [4.78, 5) is 14.9. The molecule has 1 aliphatic carbocycles. The quantitative estimate of drug-likeness (QED) is 0.808. The van der Waals surface area contributed by atoms with Crippen LogP contribution in [-0.4, -0.2) is 43.5 Å². The average Bonchev–Trinajstić information content (AvgIpc) is 2.58. The second-order valence-electron chi connectivity index (χ2n) is 7.29. The Hall–Kier alpha value is -1.39. The summed E-state index contributed by atoms with van der Waals surface area (Å²) in [5, 5.41) is 6.70. The molecule has 1 aliphatic heterocycles. The van der Waals surface area contributed by atoms with Crippen molar-refractivity contribution in [3.63, 3.8) is 0 Å². The van der Waals surface area contributed by atoms with Gasteiger partial charge in [-0.3, -0.25) is 4.79 Å². The van der Waals surface area contributed by atoms with Gasteiger partial charge in [0.25, 0.3) is 0 Å². The summed E-state index contributed by atoms with van der Waals surface area (Å²) in [6.45, 7) is 3.37. The lowest BCUT2D eigenvalue weighted by Gasteiger charge is -2.33. The van der Waals surface area contributed by atoms with E-state index in [0.717, 1.165) is 38.9 Å². The van der Waals surface area contributed by atoms with Crippen LogP contribution in [0.5, 0.6) is 0 Å². The number of likely N-dealkylation sites (tertiary alicyclic amines) is 1. The molecule has 1 atom stereocenters. The maximum Gasteiger partial charge on any atom is 0.223 e. The van der Waals surface area contributed by atoms with E-state index in [1.54, 1.807) is 0 Å². The van der Waals surface area contributed by atoms with Crippen molar-refractivity contribution in [1.82, 2.24) is 15.5 Å². The van der Waals surface area contributed by atoms with Gasteiger partial charge in [-0.15, -0.1) is 0 Å². The number of rotatable bonds is 7. The van der Waals surface area contributed by atoms with Gasteiger partial charge in [-0.2, -0.15) is 0 Å². The monoisotopic (exact) mass is 329 g/mol. The molecule has 24 heavy (non-hydrogen) atoms. The molecule has 132 valence electrons. The molecule has 2 fully saturated rings. The van der Waals surface area contributed by atoms with E-state index in [1.165, 1.54) is 24.8 Å². The van der Waals surface area contributed by atoms with Gasteiger partial charge in [-0.25, -0.2) is 0 Å². The Balaban J connectivity index is 1.55. The van der Waals surface area contributed by atoms with Crippen molar-refractivity contribution in [2.75, 3.05) is 26.7 Å². The third-order valence-corrected chi connectivity index (χ3v) is 5.72. The standard InChI is InChI=1S/C20H31N3O/c1-21-18-10-13-23(14-11-18)15-12-19(16-6-3-2-4-7-16)22-20(24)17-8-5-9-17/h2-4,6-7,17-19,21H,5,8-15H2,1H3,(H,22,24). The molecule has 1 aromatic carbocycles. The van der Waals surface area contributed by atoms with Crippen molar-refractivity contribution in [3.05, 3.63) is 35.9 Å². The Morgan fingerprint density at radius 2 is 1.88 bits per heavy atom. The summed E-state index contributed by atoms with van der Waals surface area (Å²) in [6.07, 6.45) is 6.76. The van der Waals surface area contributed by atoms with Gasteiger partial charge in [0.1, 0.15) is 0 Å². The lowest BCUT2D eigenvalue weighted by Crippen LogP contribution is -2.43. The van der Waals surface area contributed by atoms with Crippen LogP contribution in [0.25, 0.3) is 0 Å². The van der Waals surface area contributed by atoms with Crippen molar-refractivity contribution < 1.29 is 4.79 Å². The van der Waals surface area contributed by atoms with Crippen LogP contribution in [0.4, 0.5) is 0 Å². The normalized spacial score (nSPS) is 21.2. The van der Waals surface area contributed by atoms with E-state index in [0.29, 0.717) is 6.04 Å². The van der Waals surface area contributed by atoms with E-state index in [2.05, 4.69) is 46.8 Å². The van der Waals surface area contributed by atoms with Crippen LogP contribution in [0, 0.1) is 5.92 Å². The maximum absolute atomic E-state index is 12.4. The molecule has 1 amide bonds. The molecule has 1 saturated carbocycles. The number of hydrogen-bond acceptors (Lipinski definition) is 3. The smallest absolute Gasteiger partial charge is 0.223 e. The van der Waals surface area contributed by atoms with Crippen LogP contribution in [0.1, 0.15) is 50.1 Å². The first kappa shape index (κ1) is 17.4. The number of nitrogens with one attached hydrogen (secondary N) is 2. The number of hydrogen-bond donors (Lipinski definition) is 2. The Morgan fingerprint density at radius 3 is 2.46 bits per heavy atom. The lowest BCUT2D eigenvalue weighted by molar-refractivity contribution is -0.128. The molecule has 4 heteroatoms. The summed E-state index contributed by atoms with van der Waals surface area (Å²) >= 11 is 0. The fourth-order valence-electron chi connectivity index (χ4n) is 3.72. The number of carbonyl (C=O) groups is 1. The molecule has 3 rings (SSSR count). The summed E-state index contributed by atoms with van der Waals surface area (Å²) in [5.74, 6) is 0.506. The van der Waals surface area contributed by atoms with E-state index >= 15 is 0 Å². The van der Waals surface area contributed by atoms with E-state index in [1.807, 2.05) is 6.07 Å². The fraction of sp³-hybridized carbons (Fsp3) is 0.650. The minimum atomic E-state index is 0.140. The van der Waals surface area contributed by atoms with Gasteiger partial charge in [0.05, 0.1) is 6.04 Å². The lowest BCUT2D eigenvalue weighted by atomic mass is 9.84. The van der Waals surface area contributed by atoms with Crippen molar-refractivity contribution >= 4 is 5.91 Å². The molecule has 1 heterocycles. The zero-order valence-corrected chi connectivity index (χ0v) is 14.8. The Kier molecular flexibility index (Phi) is 6.27. The van der Waals surface area contributed by atoms with Gasteiger partial charge >= 0.3 is 0 Å². The number of nitrogens with zero attached hydrogens (tertiary/aromatic N) is 1. The van der Waals surface area contributed by atoms with Crippen molar-refractivity contribution in [2.45, 2.75) is 50.6 Å². The van der Waals surface area contributed by atoms with E-state index in [-0.39, 0.29) is 17.9 Å². The molecule has 2 N–H and O–H groups in total. The van der Waals surface area contributed by atoms with E-state index in [9.17, 15) is 4.79 Å². The molecular weight excluding hydrogens is 298 g/mol. The van der Waals surface area contributed by atoms with E-state index in [4.69, 9.17) is 0 Å². The second kappa shape index (κ2) is 8.63. The first-order valence-electron chi connectivity index (χ1n) is 9.51. The van der Waals surface area contributed by atoms with Gasteiger partial charge in [0, 0.05) is 18.5 Å². The topological polar surface area (TPSA) is 44.4 Å². The summed E-state index contributed by atoms with van der Waals surface area (Å²) in [7, 11) is 2.06. The zero-order valence-electron chi connectivity index (χ0n) is 14.8. The SMILES string of the molecule is CNC1CCN(CCC(NC(=O)C2CCC2)c2ccccc2)CC1. The Labute approximate surface area is 146 Å². The molecule has 0 radical (unpaired) electrons. The van der Waals surface area contributed by atoms with Crippen molar-refractivity contribution in [3.8, 4) is 0 Å². The van der Waals surface area contributed by atoms with Crippen LogP contribution in [0.3, 0.4) is 0 Å². The third-order valence-electron chi connectivity index (χ3n) is 5.72. The summed E-state index contributed by atoms with van der Waals surface area (Å²) in [6, 6.07) is 11.3. The van der Waals surface area contributed by atoms with E-state index < -0.39 is 0 Å². The highest BCUT2D eigenvalue weighted by Crippen LogP contribution is 2.28. The van der Waals surface area contributed by atoms with Gasteiger partial charge in [-0.1, -0.05) is 36.8 Å². The van der Waals surface area contributed by atoms with Gasteiger partial charge < -0.3 is 15.5 Å². The van der Waals surface area contributed by atoms with Crippen LogP contribution in [0.15, 0.2) is 30.3 Å². The first-order valence-corrected chi connectivity index (χ1v) is 9.51. The molecular formula is C20H31N3O. The number of piperidine rings is 1. The molecule has 1 saturated heterocycles. The number of benzene rings is 1. The number of amides is 1. The van der Waals surface area contributed by atoms with Gasteiger partial charge in [0.2, 0.25) is 5.91 Å². The van der Waals surface area contributed by atoms with Crippen molar-refractivity contribution in [1.29, 1.82) is 0 Å². The minimum absolute atomic E-state index is 0.140. The van der Waals surface area contributed by atoms with Crippen molar-refractivity contribution in [2.24, 2.45) is 5.92 Å². The molecule has 4 nitrogen and oxygen atoms in total. The van der Waals surface area contributed by atoms with Crippen LogP contribution >= 0.6 is 0 Å². The first-order chi connectivity index (χ1) is 11.8. The highest BCUT2D eigenvalue weighted by atomic mass is 16.2. The molecule has 2 aliphatic rings. The largest absolute Gasteiger partial charge is 0.349 e. The predicted molar refractivity (Wildman–Crippen MR) is 97.8 cm³/mol. The Bertz CT molecular complexity index is 507.